The first kappa shape index (κ1) is 14.5. The van der Waals surface area contributed by atoms with Crippen LogP contribution in [-0.2, 0) is 4.79 Å². The fourth-order valence-corrected chi connectivity index (χ4v) is 1.55. The average molecular weight is 271 g/mol. The van der Waals surface area contributed by atoms with Crippen LogP contribution in [0.3, 0.4) is 0 Å². The predicted octanol–water partition coefficient (Wildman–Crippen LogP) is 1.54. The highest BCUT2D eigenvalue weighted by molar-refractivity contribution is 6.33. The molecule has 1 aromatic carbocycles. The molecule has 0 unspecified atom stereocenters. The van der Waals surface area contributed by atoms with Crippen LogP contribution in [0.25, 0.3) is 0 Å². The van der Waals surface area contributed by atoms with Crippen LogP contribution in [0.5, 0.6) is 0 Å². The van der Waals surface area contributed by atoms with Gasteiger partial charge in [0.05, 0.1) is 10.7 Å². The van der Waals surface area contributed by atoms with Crippen molar-refractivity contribution in [3.63, 3.8) is 0 Å². The first-order chi connectivity index (χ1) is 8.54. The van der Waals surface area contributed by atoms with Crippen molar-refractivity contribution in [2.45, 2.75) is 19.3 Å². The summed E-state index contributed by atoms with van der Waals surface area (Å²) in [6, 6.07) is 4.44. The van der Waals surface area contributed by atoms with E-state index < -0.39 is 5.91 Å². The van der Waals surface area contributed by atoms with E-state index in [0.717, 1.165) is 0 Å². The quantitative estimate of drug-likeness (QED) is 0.685. The largest absolute Gasteiger partial charge is 0.396 e. The summed E-state index contributed by atoms with van der Waals surface area (Å²) in [5, 5.41) is 11.6. The average Bonchev–Trinajstić information content (AvgIpc) is 2.32. The molecule has 6 heteroatoms. The lowest BCUT2D eigenvalue weighted by Crippen LogP contribution is -2.14. The highest BCUT2D eigenvalue weighted by Crippen LogP contribution is 2.23. The lowest BCUT2D eigenvalue weighted by Gasteiger charge is -2.08. The number of rotatable bonds is 6. The van der Waals surface area contributed by atoms with Crippen LogP contribution in [-0.4, -0.2) is 23.5 Å². The number of carbonyl (C=O) groups is 2. The Hall–Kier alpha value is -1.59. The molecular formula is C12H15ClN2O3. The molecule has 0 spiro atoms. The molecule has 2 amide bonds. The Bertz CT molecular complexity index is 449. The number of benzene rings is 1. The number of carbonyl (C=O) groups excluding carboxylic acids is 2. The Kier molecular flexibility index (Phi) is 5.61. The van der Waals surface area contributed by atoms with Crippen LogP contribution in [0.2, 0.25) is 5.02 Å². The number of hydrogen-bond donors (Lipinski definition) is 3. The maximum Gasteiger partial charge on any atom is 0.248 e. The van der Waals surface area contributed by atoms with Crippen molar-refractivity contribution in [1.82, 2.24) is 0 Å². The van der Waals surface area contributed by atoms with Crippen LogP contribution in [0.1, 0.15) is 29.6 Å². The van der Waals surface area contributed by atoms with Gasteiger partial charge < -0.3 is 16.2 Å². The number of primary amides is 1. The number of aliphatic hydroxyl groups excluding tert-OH is 1. The van der Waals surface area contributed by atoms with Gasteiger partial charge in [0.2, 0.25) is 11.8 Å². The van der Waals surface area contributed by atoms with E-state index in [0.29, 0.717) is 23.6 Å². The second-order valence-corrected chi connectivity index (χ2v) is 4.19. The van der Waals surface area contributed by atoms with Crippen molar-refractivity contribution in [2.24, 2.45) is 5.73 Å². The van der Waals surface area contributed by atoms with Gasteiger partial charge in [-0.15, -0.1) is 0 Å². The summed E-state index contributed by atoms with van der Waals surface area (Å²) in [4.78, 5) is 22.6. The molecule has 0 atom stereocenters. The molecule has 0 heterocycles. The smallest absolute Gasteiger partial charge is 0.248 e. The molecule has 0 aromatic heterocycles. The summed E-state index contributed by atoms with van der Waals surface area (Å²) < 4.78 is 0. The van der Waals surface area contributed by atoms with Crippen molar-refractivity contribution in [1.29, 1.82) is 0 Å². The SMILES string of the molecule is NC(=O)c1ccc(Cl)c(NC(=O)CCCCO)c1. The molecule has 0 fully saturated rings. The molecule has 0 radical (unpaired) electrons. The maximum absolute atomic E-state index is 11.6. The van der Waals surface area contributed by atoms with E-state index >= 15 is 0 Å². The third-order valence-electron chi connectivity index (χ3n) is 2.34. The summed E-state index contributed by atoms with van der Waals surface area (Å²) in [6.07, 6.45) is 1.45. The number of anilines is 1. The minimum atomic E-state index is -0.581. The van der Waals surface area contributed by atoms with Gasteiger partial charge in [-0.05, 0) is 31.0 Å². The lowest BCUT2D eigenvalue weighted by molar-refractivity contribution is -0.116. The van der Waals surface area contributed by atoms with Gasteiger partial charge in [0.1, 0.15) is 0 Å². The van der Waals surface area contributed by atoms with E-state index in [1.807, 2.05) is 0 Å². The highest BCUT2D eigenvalue weighted by atomic mass is 35.5. The summed E-state index contributed by atoms with van der Waals surface area (Å²) in [7, 11) is 0. The number of halogens is 1. The van der Waals surface area contributed by atoms with E-state index in [4.69, 9.17) is 22.4 Å². The number of amides is 2. The zero-order chi connectivity index (χ0) is 13.5. The number of aliphatic hydroxyl groups is 1. The minimum absolute atomic E-state index is 0.0607. The fraction of sp³-hybridized carbons (Fsp3) is 0.333. The van der Waals surface area contributed by atoms with Crippen LogP contribution in [0, 0.1) is 0 Å². The molecule has 0 saturated carbocycles. The third kappa shape index (κ3) is 4.35. The number of nitrogens with two attached hydrogens (primary N) is 1. The normalized spacial score (nSPS) is 10.1. The van der Waals surface area contributed by atoms with Gasteiger partial charge in [-0.1, -0.05) is 11.6 Å². The topological polar surface area (TPSA) is 92.4 Å². The molecule has 1 aromatic rings. The Morgan fingerprint density at radius 1 is 1.33 bits per heavy atom. The Morgan fingerprint density at radius 2 is 2.06 bits per heavy atom. The van der Waals surface area contributed by atoms with Gasteiger partial charge in [-0.25, -0.2) is 0 Å². The Labute approximate surface area is 110 Å². The Balaban J connectivity index is 2.68. The number of nitrogens with one attached hydrogen (secondary N) is 1. The van der Waals surface area contributed by atoms with E-state index in [2.05, 4.69) is 5.32 Å². The molecule has 0 aliphatic rings. The van der Waals surface area contributed by atoms with E-state index in [-0.39, 0.29) is 24.5 Å². The van der Waals surface area contributed by atoms with Crippen molar-refractivity contribution in [3.05, 3.63) is 28.8 Å². The summed E-state index contributed by atoms with van der Waals surface area (Å²) >= 11 is 5.90. The Morgan fingerprint density at radius 3 is 2.67 bits per heavy atom. The van der Waals surface area contributed by atoms with Gasteiger partial charge in [0.25, 0.3) is 0 Å². The predicted molar refractivity (Wildman–Crippen MR) is 69.5 cm³/mol. The van der Waals surface area contributed by atoms with Crippen molar-refractivity contribution in [3.8, 4) is 0 Å². The second kappa shape index (κ2) is 6.98. The third-order valence-corrected chi connectivity index (χ3v) is 2.67. The molecular weight excluding hydrogens is 256 g/mol. The fourth-order valence-electron chi connectivity index (χ4n) is 1.38. The van der Waals surface area contributed by atoms with Crippen LogP contribution >= 0.6 is 11.6 Å². The van der Waals surface area contributed by atoms with Crippen molar-refractivity contribution >= 4 is 29.1 Å². The molecule has 98 valence electrons. The van der Waals surface area contributed by atoms with Crippen LogP contribution < -0.4 is 11.1 Å². The molecule has 0 saturated heterocycles. The molecule has 18 heavy (non-hydrogen) atoms. The monoisotopic (exact) mass is 270 g/mol. The van der Waals surface area contributed by atoms with Crippen LogP contribution in [0.15, 0.2) is 18.2 Å². The van der Waals surface area contributed by atoms with E-state index in [1.54, 1.807) is 0 Å². The first-order valence-corrected chi connectivity index (χ1v) is 5.92. The van der Waals surface area contributed by atoms with Gasteiger partial charge in [0.15, 0.2) is 0 Å². The van der Waals surface area contributed by atoms with Crippen molar-refractivity contribution < 1.29 is 14.7 Å². The van der Waals surface area contributed by atoms with Gasteiger partial charge >= 0.3 is 0 Å². The summed E-state index contributed by atoms with van der Waals surface area (Å²) in [6.45, 7) is 0.0607. The van der Waals surface area contributed by atoms with Gasteiger partial charge in [0, 0.05) is 18.6 Å². The molecule has 0 aliphatic heterocycles. The second-order valence-electron chi connectivity index (χ2n) is 3.79. The lowest BCUT2D eigenvalue weighted by atomic mass is 10.2. The highest BCUT2D eigenvalue weighted by Gasteiger charge is 2.08. The summed E-state index contributed by atoms with van der Waals surface area (Å²) in [5.74, 6) is -0.797. The summed E-state index contributed by atoms with van der Waals surface area (Å²) in [5.41, 5.74) is 5.78. The number of unbranched alkanes of at least 4 members (excludes halogenated alkanes) is 1. The first-order valence-electron chi connectivity index (χ1n) is 5.54. The van der Waals surface area contributed by atoms with E-state index in [9.17, 15) is 9.59 Å². The molecule has 5 nitrogen and oxygen atoms in total. The molecule has 0 aliphatic carbocycles. The minimum Gasteiger partial charge on any atom is -0.396 e. The zero-order valence-electron chi connectivity index (χ0n) is 9.78. The zero-order valence-corrected chi connectivity index (χ0v) is 10.5. The van der Waals surface area contributed by atoms with Gasteiger partial charge in [-0.2, -0.15) is 0 Å². The standard InChI is InChI=1S/C12H15ClN2O3/c13-9-5-4-8(12(14)18)7-10(9)15-11(17)3-1-2-6-16/h4-5,7,16H,1-3,6H2,(H2,14,18)(H,15,17). The molecule has 0 bridgehead atoms. The molecule has 1 rings (SSSR count). The van der Waals surface area contributed by atoms with Crippen LogP contribution in [0.4, 0.5) is 5.69 Å². The maximum atomic E-state index is 11.6. The van der Waals surface area contributed by atoms with Gasteiger partial charge in [-0.3, -0.25) is 9.59 Å². The number of hydrogen-bond acceptors (Lipinski definition) is 3. The van der Waals surface area contributed by atoms with Crippen molar-refractivity contribution in [2.75, 3.05) is 11.9 Å². The van der Waals surface area contributed by atoms with E-state index in [1.165, 1.54) is 18.2 Å². The molecule has 4 N–H and O–H groups in total.